The second-order valence-electron chi connectivity index (χ2n) is 6.87. The molecule has 1 heterocycles. The van der Waals surface area contributed by atoms with E-state index >= 15 is 0 Å². The van der Waals surface area contributed by atoms with E-state index < -0.39 is 0 Å². The van der Waals surface area contributed by atoms with Crippen LogP contribution in [0.1, 0.15) is 19.3 Å². The summed E-state index contributed by atoms with van der Waals surface area (Å²) >= 11 is 0. The van der Waals surface area contributed by atoms with Crippen LogP contribution in [0.15, 0.2) is 59.6 Å². The molecule has 0 aromatic heterocycles. The van der Waals surface area contributed by atoms with Crippen LogP contribution in [0, 0.1) is 5.92 Å². The molecule has 1 saturated heterocycles. The van der Waals surface area contributed by atoms with Gasteiger partial charge in [0.2, 0.25) is 0 Å². The van der Waals surface area contributed by atoms with Gasteiger partial charge >= 0.3 is 0 Å². The molecule has 0 atom stereocenters. The highest BCUT2D eigenvalue weighted by Gasteiger charge is 2.15. The third-order valence-corrected chi connectivity index (χ3v) is 4.74. The van der Waals surface area contributed by atoms with Crippen LogP contribution in [0.3, 0.4) is 0 Å². The lowest BCUT2D eigenvalue weighted by Gasteiger charge is -2.28. The minimum atomic E-state index is 0. The van der Waals surface area contributed by atoms with Crippen molar-refractivity contribution in [1.82, 2.24) is 4.90 Å². The van der Waals surface area contributed by atoms with Gasteiger partial charge in [0, 0.05) is 18.3 Å². The van der Waals surface area contributed by atoms with Gasteiger partial charge in [-0.3, -0.25) is 4.99 Å². The largest absolute Gasteiger partial charge is 0.457 e. The number of anilines is 1. The number of rotatable bonds is 6. The van der Waals surface area contributed by atoms with Gasteiger partial charge in [-0.2, -0.15) is 0 Å². The molecule has 6 heteroatoms. The van der Waals surface area contributed by atoms with Crippen molar-refractivity contribution in [3.63, 3.8) is 0 Å². The van der Waals surface area contributed by atoms with E-state index in [2.05, 4.69) is 22.3 Å². The molecule has 1 fully saturated rings. The molecule has 1 aliphatic heterocycles. The van der Waals surface area contributed by atoms with Crippen molar-refractivity contribution < 1.29 is 4.74 Å². The summed E-state index contributed by atoms with van der Waals surface area (Å²) in [5.41, 5.74) is 6.91. The van der Waals surface area contributed by atoms with E-state index in [1.165, 1.54) is 25.9 Å². The Labute approximate surface area is 179 Å². The molecule has 0 amide bonds. The normalized spacial score (nSPS) is 15.8. The van der Waals surface area contributed by atoms with Crippen LogP contribution < -0.4 is 15.8 Å². The van der Waals surface area contributed by atoms with Crippen molar-refractivity contribution >= 4 is 35.6 Å². The fourth-order valence-corrected chi connectivity index (χ4v) is 3.17. The molecule has 2 aromatic carbocycles. The number of guanidine groups is 1. The number of benzene rings is 2. The summed E-state index contributed by atoms with van der Waals surface area (Å²) in [5, 5.41) is 3.15. The maximum atomic E-state index is 6.04. The van der Waals surface area contributed by atoms with Gasteiger partial charge in [-0.1, -0.05) is 24.3 Å². The van der Waals surface area contributed by atoms with E-state index in [-0.39, 0.29) is 24.0 Å². The van der Waals surface area contributed by atoms with E-state index in [9.17, 15) is 0 Å². The molecule has 5 nitrogen and oxygen atoms in total. The highest BCUT2D eigenvalue weighted by molar-refractivity contribution is 14.0. The molecule has 3 N–H and O–H groups in total. The molecule has 2 aromatic rings. The number of likely N-dealkylation sites (tertiary alicyclic amines) is 1. The number of ether oxygens (including phenoxy) is 1. The Balaban J connectivity index is 0.00000261. The Morgan fingerprint density at radius 2 is 1.81 bits per heavy atom. The predicted octanol–water partition coefficient (Wildman–Crippen LogP) is 4.56. The summed E-state index contributed by atoms with van der Waals surface area (Å²) in [6, 6.07) is 17.5. The van der Waals surface area contributed by atoms with Crippen LogP contribution in [-0.2, 0) is 0 Å². The molecular formula is C21H29IN4O. The topological polar surface area (TPSA) is 62.9 Å². The number of piperidine rings is 1. The predicted molar refractivity (Wildman–Crippen MR) is 123 cm³/mol. The van der Waals surface area contributed by atoms with E-state index in [1.54, 1.807) is 0 Å². The average Bonchev–Trinajstić information content (AvgIpc) is 2.64. The number of hydrogen-bond acceptors (Lipinski definition) is 3. The van der Waals surface area contributed by atoms with E-state index in [4.69, 9.17) is 10.5 Å². The second-order valence-corrected chi connectivity index (χ2v) is 6.87. The molecule has 0 saturated carbocycles. The van der Waals surface area contributed by atoms with Crippen LogP contribution in [0.2, 0.25) is 0 Å². The molecule has 1 aliphatic rings. The fourth-order valence-electron chi connectivity index (χ4n) is 3.17. The lowest BCUT2D eigenvalue weighted by molar-refractivity contribution is 0.214. The highest BCUT2D eigenvalue weighted by atomic mass is 127. The summed E-state index contributed by atoms with van der Waals surface area (Å²) in [5.74, 6) is 2.80. The monoisotopic (exact) mass is 480 g/mol. The van der Waals surface area contributed by atoms with E-state index in [0.717, 1.165) is 36.1 Å². The first kappa shape index (κ1) is 21.5. The molecule has 3 rings (SSSR count). The number of nitrogens with one attached hydrogen (secondary N) is 1. The lowest BCUT2D eigenvalue weighted by atomic mass is 9.94. The number of para-hydroxylation sites is 1. The van der Waals surface area contributed by atoms with Gasteiger partial charge in [-0.05, 0) is 69.6 Å². The van der Waals surface area contributed by atoms with Crippen molar-refractivity contribution in [3.8, 4) is 11.5 Å². The minimum absolute atomic E-state index is 0. The summed E-state index contributed by atoms with van der Waals surface area (Å²) < 4.78 is 5.85. The van der Waals surface area contributed by atoms with Crippen LogP contribution in [0.25, 0.3) is 0 Å². The van der Waals surface area contributed by atoms with Crippen molar-refractivity contribution in [3.05, 3.63) is 54.6 Å². The van der Waals surface area contributed by atoms with Crippen molar-refractivity contribution in [1.29, 1.82) is 0 Å². The standard InChI is InChI=1S/C21H28N4O.HI/c1-25-14-11-17(12-15-25)10-13-23-21(22)24-18-6-5-9-20(16-18)26-19-7-3-2-4-8-19;/h2-9,16-17H,10-15H2,1H3,(H3,22,23,24);1H. The summed E-state index contributed by atoms with van der Waals surface area (Å²) in [6.07, 6.45) is 3.63. The van der Waals surface area contributed by atoms with Gasteiger partial charge in [-0.15, -0.1) is 24.0 Å². The van der Waals surface area contributed by atoms with Crippen LogP contribution in [-0.4, -0.2) is 37.5 Å². The van der Waals surface area contributed by atoms with Crippen LogP contribution in [0.5, 0.6) is 11.5 Å². The third kappa shape index (κ3) is 7.38. The van der Waals surface area contributed by atoms with Gasteiger partial charge in [0.1, 0.15) is 11.5 Å². The van der Waals surface area contributed by atoms with Gasteiger partial charge in [0.15, 0.2) is 5.96 Å². The number of hydrogen-bond donors (Lipinski definition) is 2. The summed E-state index contributed by atoms with van der Waals surface area (Å²) in [6.45, 7) is 3.15. The number of nitrogens with two attached hydrogens (primary N) is 1. The summed E-state index contributed by atoms with van der Waals surface area (Å²) in [7, 11) is 2.19. The molecule has 0 radical (unpaired) electrons. The van der Waals surface area contributed by atoms with E-state index in [0.29, 0.717) is 5.96 Å². The molecule has 0 unspecified atom stereocenters. The summed E-state index contributed by atoms with van der Waals surface area (Å²) in [4.78, 5) is 6.86. The van der Waals surface area contributed by atoms with Crippen molar-refractivity contribution in [2.24, 2.45) is 16.6 Å². The van der Waals surface area contributed by atoms with Crippen LogP contribution in [0.4, 0.5) is 5.69 Å². The molecule has 27 heavy (non-hydrogen) atoms. The molecular weight excluding hydrogens is 451 g/mol. The first-order valence-corrected chi connectivity index (χ1v) is 9.27. The van der Waals surface area contributed by atoms with Gasteiger partial charge in [0.05, 0.1) is 0 Å². The van der Waals surface area contributed by atoms with Gasteiger partial charge in [-0.25, -0.2) is 0 Å². The van der Waals surface area contributed by atoms with E-state index in [1.807, 2.05) is 54.6 Å². The lowest BCUT2D eigenvalue weighted by Crippen LogP contribution is -2.30. The Morgan fingerprint density at radius 1 is 1.11 bits per heavy atom. The Hall–Kier alpha value is -1.80. The number of halogens is 1. The minimum Gasteiger partial charge on any atom is -0.457 e. The molecule has 0 aliphatic carbocycles. The molecule has 0 spiro atoms. The van der Waals surface area contributed by atoms with Crippen molar-refractivity contribution in [2.75, 3.05) is 32.0 Å². The zero-order valence-electron chi connectivity index (χ0n) is 15.8. The SMILES string of the molecule is CN1CCC(CCN=C(N)Nc2cccc(Oc3ccccc3)c2)CC1.I. The number of nitrogens with zero attached hydrogens (tertiary/aromatic N) is 2. The van der Waals surface area contributed by atoms with Gasteiger partial charge < -0.3 is 20.7 Å². The zero-order chi connectivity index (χ0) is 18.2. The second kappa shape index (κ2) is 11.1. The zero-order valence-corrected chi connectivity index (χ0v) is 18.1. The quantitative estimate of drug-likeness (QED) is 0.362. The third-order valence-electron chi connectivity index (χ3n) is 4.74. The Morgan fingerprint density at radius 3 is 2.56 bits per heavy atom. The van der Waals surface area contributed by atoms with Crippen molar-refractivity contribution in [2.45, 2.75) is 19.3 Å². The highest BCUT2D eigenvalue weighted by Crippen LogP contribution is 2.24. The molecule has 146 valence electrons. The smallest absolute Gasteiger partial charge is 0.193 e. The molecule has 0 bridgehead atoms. The number of aliphatic imine (C=N–C) groups is 1. The fraction of sp³-hybridized carbons (Fsp3) is 0.381. The Bertz CT molecular complexity index is 715. The van der Waals surface area contributed by atoms with Gasteiger partial charge in [0.25, 0.3) is 0 Å². The average molecular weight is 480 g/mol. The van der Waals surface area contributed by atoms with Crippen LogP contribution >= 0.6 is 24.0 Å². The first-order valence-electron chi connectivity index (χ1n) is 9.27. The Kier molecular flexibility index (Phi) is 8.87. The maximum absolute atomic E-state index is 6.04. The first-order chi connectivity index (χ1) is 12.7. The maximum Gasteiger partial charge on any atom is 0.193 e.